The second-order valence-electron chi connectivity index (χ2n) is 3.75. The molecule has 0 fully saturated rings. The molecule has 0 atom stereocenters. The summed E-state index contributed by atoms with van der Waals surface area (Å²) in [6.07, 6.45) is 3.44. The van der Waals surface area contributed by atoms with Crippen LogP contribution in [0.25, 0.3) is 16.9 Å². The van der Waals surface area contributed by atoms with Crippen LogP contribution >= 0.6 is 15.9 Å². The summed E-state index contributed by atoms with van der Waals surface area (Å²) in [5.41, 5.74) is 3.23. The molecule has 2 aromatic heterocycles. The van der Waals surface area contributed by atoms with E-state index in [2.05, 4.69) is 32.1 Å². The Hall–Kier alpha value is -2.19. The summed E-state index contributed by atoms with van der Waals surface area (Å²) in [5.74, 6) is 0. The van der Waals surface area contributed by atoms with Crippen LogP contribution in [0.4, 0.5) is 0 Å². The SMILES string of the molecule is N#Cc1cccc(-c2ccnc3c(Br)cnn23)c1. The van der Waals surface area contributed by atoms with Gasteiger partial charge in [0, 0.05) is 11.8 Å². The molecule has 1 aromatic carbocycles. The van der Waals surface area contributed by atoms with Crippen molar-refractivity contribution < 1.29 is 0 Å². The van der Waals surface area contributed by atoms with E-state index in [4.69, 9.17) is 5.26 Å². The smallest absolute Gasteiger partial charge is 0.169 e. The highest BCUT2D eigenvalue weighted by molar-refractivity contribution is 9.10. The van der Waals surface area contributed by atoms with Crippen LogP contribution in [0.1, 0.15) is 5.56 Å². The van der Waals surface area contributed by atoms with Crippen LogP contribution in [-0.4, -0.2) is 14.6 Å². The minimum absolute atomic E-state index is 0.628. The van der Waals surface area contributed by atoms with Crippen molar-refractivity contribution in [2.75, 3.05) is 0 Å². The summed E-state index contributed by atoms with van der Waals surface area (Å²) >= 11 is 3.40. The summed E-state index contributed by atoms with van der Waals surface area (Å²) in [6, 6.07) is 11.4. The van der Waals surface area contributed by atoms with E-state index in [9.17, 15) is 0 Å². The number of nitriles is 1. The molecular formula is C13H7BrN4. The molecule has 0 unspecified atom stereocenters. The van der Waals surface area contributed by atoms with Gasteiger partial charge < -0.3 is 0 Å². The number of fused-ring (bicyclic) bond motifs is 1. The summed E-state index contributed by atoms with van der Waals surface area (Å²) in [7, 11) is 0. The average molecular weight is 299 g/mol. The molecule has 0 saturated heterocycles. The van der Waals surface area contributed by atoms with E-state index in [1.807, 2.05) is 24.3 Å². The van der Waals surface area contributed by atoms with Gasteiger partial charge >= 0.3 is 0 Å². The molecule has 86 valence electrons. The lowest BCUT2D eigenvalue weighted by atomic mass is 10.1. The van der Waals surface area contributed by atoms with Crippen molar-refractivity contribution >= 4 is 21.6 Å². The first-order chi connectivity index (χ1) is 8.79. The average Bonchev–Trinajstić information content (AvgIpc) is 2.81. The van der Waals surface area contributed by atoms with Crippen LogP contribution in [0.3, 0.4) is 0 Å². The lowest BCUT2D eigenvalue weighted by Crippen LogP contribution is -1.95. The van der Waals surface area contributed by atoms with E-state index in [0.717, 1.165) is 21.4 Å². The van der Waals surface area contributed by atoms with Crippen molar-refractivity contribution in [2.24, 2.45) is 0 Å². The first-order valence-electron chi connectivity index (χ1n) is 5.28. The monoisotopic (exact) mass is 298 g/mol. The molecule has 18 heavy (non-hydrogen) atoms. The number of halogens is 1. The number of nitrogens with zero attached hydrogens (tertiary/aromatic N) is 4. The van der Waals surface area contributed by atoms with E-state index >= 15 is 0 Å². The summed E-state index contributed by atoms with van der Waals surface area (Å²) in [6.45, 7) is 0. The molecule has 0 radical (unpaired) electrons. The highest BCUT2D eigenvalue weighted by Crippen LogP contribution is 2.23. The van der Waals surface area contributed by atoms with Gasteiger partial charge in [-0.1, -0.05) is 12.1 Å². The van der Waals surface area contributed by atoms with Gasteiger partial charge in [0.15, 0.2) is 5.65 Å². The van der Waals surface area contributed by atoms with Crippen molar-refractivity contribution in [3.05, 3.63) is 52.8 Å². The largest absolute Gasteiger partial charge is 0.236 e. The molecule has 3 rings (SSSR count). The van der Waals surface area contributed by atoms with Crippen molar-refractivity contribution in [1.82, 2.24) is 14.6 Å². The second kappa shape index (κ2) is 4.24. The normalized spacial score (nSPS) is 10.4. The van der Waals surface area contributed by atoms with Crippen LogP contribution in [0.15, 0.2) is 47.2 Å². The van der Waals surface area contributed by atoms with Crippen molar-refractivity contribution in [1.29, 1.82) is 5.26 Å². The molecule has 0 bridgehead atoms. The maximum absolute atomic E-state index is 8.93. The van der Waals surface area contributed by atoms with Gasteiger partial charge in [-0.25, -0.2) is 9.50 Å². The van der Waals surface area contributed by atoms with E-state index in [1.54, 1.807) is 23.0 Å². The molecule has 2 heterocycles. The van der Waals surface area contributed by atoms with Crippen molar-refractivity contribution in [3.63, 3.8) is 0 Å². The van der Waals surface area contributed by atoms with Gasteiger partial charge in [0.05, 0.1) is 28.0 Å². The van der Waals surface area contributed by atoms with Crippen LogP contribution in [0.2, 0.25) is 0 Å². The van der Waals surface area contributed by atoms with Crippen LogP contribution in [0, 0.1) is 11.3 Å². The fourth-order valence-electron chi connectivity index (χ4n) is 1.83. The zero-order chi connectivity index (χ0) is 12.5. The summed E-state index contributed by atoms with van der Waals surface area (Å²) in [4.78, 5) is 4.26. The molecule has 5 heteroatoms. The lowest BCUT2D eigenvalue weighted by Gasteiger charge is -2.04. The minimum atomic E-state index is 0.628. The van der Waals surface area contributed by atoms with Gasteiger partial charge in [0.25, 0.3) is 0 Å². The third kappa shape index (κ3) is 1.67. The highest BCUT2D eigenvalue weighted by atomic mass is 79.9. The number of hydrogen-bond acceptors (Lipinski definition) is 3. The maximum atomic E-state index is 8.93. The molecule has 0 saturated carbocycles. The Kier molecular flexibility index (Phi) is 2.58. The molecule has 0 amide bonds. The third-order valence-electron chi connectivity index (χ3n) is 2.65. The fourth-order valence-corrected chi connectivity index (χ4v) is 2.19. The van der Waals surface area contributed by atoms with E-state index in [-0.39, 0.29) is 0 Å². The Balaban J connectivity index is 2.28. The van der Waals surface area contributed by atoms with E-state index in [0.29, 0.717) is 5.56 Å². The van der Waals surface area contributed by atoms with Gasteiger partial charge in [0.1, 0.15) is 0 Å². The van der Waals surface area contributed by atoms with Gasteiger partial charge in [-0.15, -0.1) is 0 Å². The van der Waals surface area contributed by atoms with E-state index in [1.165, 1.54) is 0 Å². The van der Waals surface area contributed by atoms with Crippen LogP contribution in [-0.2, 0) is 0 Å². The van der Waals surface area contributed by atoms with E-state index < -0.39 is 0 Å². The lowest BCUT2D eigenvalue weighted by molar-refractivity contribution is 0.948. The molecule has 0 aliphatic heterocycles. The number of hydrogen-bond donors (Lipinski definition) is 0. The Morgan fingerprint density at radius 2 is 2.17 bits per heavy atom. The Bertz CT molecular complexity index is 770. The molecule has 0 spiro atoms. The molecule has 0 aliphatic rings. The molecule has 0 aliphatic carbocycles. The number of benzene rings is 1. The molecule has 0 N–H and O–H groups in total. The quantitative estimate of drug-likeness (QED) is 0.694. The Morgan fingerprint density at radius 1 is 1.28 bits per heavy atom. The third-order valence-corrected chi connectivity index (χ3v) is 3.21. The Morgan fingerprint density at radius 3 is 3.00 bits per heavy atom. The topological polar surface area (TPSA) is 54.0 Å². The first-order valence-corrected chi connectivity index (χ1v) is 6.07. The Labute approximate surface area is 112 Å². The first kappa shape index (κ1) is 10.9. The molecule has 3 aromatic rings. The maximum Gasteiger partial charge on any atom is 0.169 e. The highest BCUT2D eigenvalue weighted by Gasteiger charge is 2.08. The molecular weight excluding hydrogens is 292 g/mol. The van der Waals surface area contributed by atoms with Gasteiger partial charge in [-0.3, -0.25) is 0 Å². The van der Waals surface area contributed by atoms with Gasteiger partial charge in [-0.05, 0) is 34.1 Å². The van der Waals surface area contributed by atoms with Crippen molar-refractivity contribution in [2.45, 2.75) is 0 Å². The summed E-state index contributed by atoms with van der Waals surface area (Å²) in [5, 5.41) is 13.2. The standard InChI is InChI=1S/C13H7BrN4/c14-11-8-17-18-12(4-5-16-13(11)18)10-3-1-2-9(6-10)7-15/h1-6,8H. The van der Waals surface area contributed by atoms with Gasteiger partial charge in [-0.2, -0.15) is 10.4 Å². The van der Waals surface area contributed by atoms with Crippen LogP contribution < -0.4 is 0 Å². The predicted octanol–water partition coefficient (Wildman–Crippen LogP) is 3.03. The zero-order valence-corrected chi connectivity index (χ0v) is 10.8. The molecule has 4 nitrogen and oxygen atoms in total. The summed E-state index contributed by atoms with van der Waals surface area (Å²) < 4.78 is 2.60. The second-order valence-corrected chi connectivity index (χ2v) is 4.60. The number of aromatic nitrogens is 3. The zero-order valence-electron chi connectivity index (χ0n) is 9.21. The van der Waals surface area contributed by atoms with Gasteiger partial charge in [0.2, 0.25) is 0 Å². The minimum Gasteiger partial charge on any atom is -0.236 e. The predicted molar refractivity (Wildman–Crippen MR) is 70.8 cm³/mol. The van der Waals surface area contributed by atoms with Crippen LogP contribution in [0.5, 0.6) is 0 Å². The fraction of sp³-hybridized carbons (Fsp3) is 0. The van der Waals surface area contributed by atoms with Crippen molar-refractivity contribution in [3.8, 4) is 17.3 Å². The number of rotatable bonds is 1.